The first-order chi connectivity index (χ1) is 15.4. The molecule has 1 amide bonds. The fourth-order valence-corrected chi connectivity index (χ4v) is 5.35. The lowest BCUT2D eigenvalue weighted by Crippen LogP contribution is -2.59. The first-order valence-corrected chi connectivity index (χ1v) is 11.8. The first-order valence-electron chi connectivity index (χ1n) is 10.6. The molecule has 2 aromatic heterocycles. The molecule has 2 atom stereocenters. The summed E-state index contributed by atoms with van der Waals surface area (Å²) in [6.07, 6.45) is 1.38. The van der Waals surface area contributed by atoms with Crippen LogP contribution in [0, 0.1) is 0 Å². The van der Waals surface area contributed by atoms with Gasteiger partial charge in [-0.3, -0.25) is 4.79 Å². The van der Waals surface area contributed by atoms with E-state index in [4.69, 9.17) is 11.6 Å². The molecule has 1 saturated heterocycles. The molecule has 1 aromatic carbocycles. The average molecular weight is 477 g/mol. The summed E-state index contributed by atoms with van der Waals surface area (Å²) in [5, 5.41) is 17.1. The molecular formula is C21H25ClN6O3S. The van der Waals surface area contributed by atoms with E-state index in [2.05, 4.69) is 30.5 Å². The van der Waals surface area contributed by atoms with E-state index in [0.717, 1.165) is 17.4 Å². The lowest BCUT2D eigenvalue weighted by Gasteiger charge is -2.39. The number of aryl methyl sites for hydroxylation is 1. The van der Waals surface area contributed by atoms with Crippen LogP contribution >= 0.6 is 22.9 Å². The van der Waals surface area contributed by atoms with Gasteiger partial charge in [0.15, 0.2) is 16.1 Å². The maximum Gasteiger partial charge on any atom is 0.337 e. The van der Waals surface area contributed by atoms with E-state index >= 15 is 0 Å². The summed E-state index contributed by atoms with van der Waals surface area (Å²) >= 11 is 7.46. The Bertz CT molecular complexity index is 1150. The minimum atomic E-state index is -0.956. The van der Waals surface area contributed by atoms with Crippen molar-refractivity contribution in [2.24, 2.45) is 0 Å². The van der Waals surface area contributed by atoms with Crippen LogP contribution in [0.3, 0.4) is 0 Å². The van der Waals surface area contributed by atoms with Crippen molar-refractivity contribution in [1.29, 1.82) is 0 Å². The van der Waals surface area contributed by atoms with Crippen LogP contribution in [0.25, 0.3) is 10.2 Å². The van der Waals surface area contributed by atoms with Gasteiger partial charge in [0.25, 0.3) is 5.91 Å². The number of amides is 1. The maximum atomic E-state index is 12.7. The Labute approximate surface area is 194 Å². The van der Waals surface area contributed by atoms with Gasteiger partial charge in [-0.05, 0) is 31.5 Å². The zero-order valence-electron chi connectivity index (χ0n) is 17.8. The van der Waals surface area contributed by atoms with Gasteiger partial charge in [0.1, 0.15) is 0 Å². The van der Waals surface area contributed by atoms with Crippen LogP contribution in [0.15, 0.2) is 18.2 Å². The predicted octanol–water partition coefficient (Wildman–Crippen LogP) is 2.92. The molecule has 3 heterocycles. The van der Waals surface area contributed by atoms with Crippen molar-refractivity contribution in [2.75, 3.05) is 24.5 Å². The predicted molar refractivity (Wildman–Crippen MR) is 125 cm³/mol. The quantitative estimate of drug-likeness (QED) is 0.413. The first kappa shape index (κ1) is 22.5. The highest BCUT2D eigenvalue weighted by atomic mass is 35.5. The number of imidazole rings is 1. The molecule has 11 heteroatoms. The highest BCUT2D eigenvalue weighted by Gasteiger charge is 2.32. The number of thiazole rings is 1. The van der Waals surface area contributed by atoms with E-state index in [1.54, 1.807) is 12.1 Å². The molecule has 0 saturated carbocycles. The van der Waals surface area contributed by atoms with Gasteiger partial charge in [-0.15, -0.1) is 0 Å². The van der Waals surface area contributed by atoms with Crippen LogP contribution in [0.2, 0.25) is 5.15 Å². The summed E-state index contributed by atoms with van der Waals surface area (Å²) in [6, 6.07) is 5.05. The lowest BCUT2D eigenvalue weighted by atomic mass is 9.99. The Morgan fingerprint density at radius 1 is 1.31 bits per heavy atom. The van der Waals surface area contributed by atoms with Crippen LogP contribution < -0.4 is 15.5 Å². The molecule has 0 radical (unpaired) electrons. The number of nitrogens with one attached hydrogen (secondary N) is 3. The molecule has 0 bridgehead atoms. The van der Waals surface area contributed by atoms with E-state index in [9.17, 15) is 14.7 Å². The molecule has 1 fully saturated rings. The molecule has 0 unspecified atom stereocenters. The number of aromatic nitrogens is 3. The topological polar surface area (TPSA) is 123 Å². The van der Waals surface area contributed by atoms with Crippen molar-refractivity contribution < 1.29 is 14.7 Å². The number of likely N-dealkylation sites (N-methyl/N-ethyl adjacent to an activating group) is 1. The highest BCUT2D eigenvalue weighted by molar-refractivity contribution is 7.22. The molecule has 9 nitrogen and oxygen atoms in total. The summed E-state index contributed by atoms with van der Waals surface area (Å²) < 4.78 is 0.673. The second-order valence-electron chi connectivity index (χ2n) is 7.64. The number of carbonyl (C=O) groups is 2. The summed E-state index contributed by atoms with van der Waals surface area (Å²) in [7, 11) is 0. The van der Waals surface area contributed by atoms with Crippen molar-refractivity contribution in [3.8, 4) is 0 Å². The Hall–Kier alpha value is -2.69. The summed E-state index contributed by atoms with van der Waals surface area (Å²) in [6.45, 7) is 6.04. The Kier molecular flexibility index (Phi) is 6.63. The van der Waals surface area contributed by atoms with Crippen molar-refractivity contribution in [1.82, 2.24) is 25.6 Å². The maximum absolute atomic E-state index is 12.7. The van der Waals surface area contributed by atoms with Gasteiger partial charge in [0, 0.05) is 25.2 Å². The number of aromatic amines is 1. The number of rotatable bonds is 7. The molecular weight excluding hydrogens is 452 g/mol. The Balaban J connectivity index is 1.50. The summed E-state index contributed by atoms with van der Waals surface area (Å²) in [5.41, 5.74) is 1.69. The summed E-state index contributed by atoms with van der Waals surface area (Å²) in [4.78, 5) is 38.2. The van der Waals surface area contributed by atoms with Crippen LogP contribution in [-0.4, -0.2) is 63.7 Å². The fraction of sp³-hybridized carbons (Fsp3) is 0.429. The lowest BCUT2D eigenvalue weighted by molar-refractivity contribution is 0.0699. The largest absolute Gasteiger partial charge is 0.478 e. The third kappa shape index (κ3) is 4.43. The number of fused-ring (bicyclic) bond motifs is 1. The minimum Gasteiger partial charge on any atom is -0.478 e. The van der Waals surface area contributed by atoms with Gasteiger partial charge in [0.05, 0.1) is 21.5 Å². The van der Waals surface area contributed by atoms with Crippen LogP contribution in [0.4, 0.5) is 5.13 Å². The number of halogens is 1. The highest BCUT2D eigenvalue weighted by Crippen LogP contribution is 2.33. The third-order valence-electron chi connectivity index (χ3n) is 5.60. The second-order valence-corrected chi connectivity index (χ2v) is 8.98. The molecule has 4 rings (SSSR count). The van der Waals surface area contributed by atoms with Crippen LogP contribution in [-0.2, 0) is 6.42 Å². The Morgan fingerprint density at radius 3 is 2.81 bits per heavy atom. The van der Waals surface area contributed by atoms with Gasteiger partial charge in [-0.25, -0.2) is 14.8 Å². The third-order valence-corrected chi connectivity index (χ3v) is 7.08. The zero-order chi connectivity index (χ0) is 22.8. The van der Waals surface area contributed by atoms with E-state index in [-0.39, 0.29) is 29.4 Å². The number of hydrogen-bond donors (Lipinski definition) is 4. The SMILES string of the molecule is CCN[C@@H]1CN(c2nc3cccc(C(=O)O)c3s2)CC[C@@H]1NC(=O)c1nc(Cl)c(CC)[nH]1. The van der Waals surface area contributed by atoms with Gasteiger partial charge in [0.2, 0.25) is 0 Å². The van der Waals surface area contributed by atoms with E-state index in [1.807, 2.05) is 19.9 Å². The van der Waals surface area contributed by atoms with Gasteiger partial charge in [-0.1, -0.05) is 42.9 Å². The molecule has 0 aliphatic carbocycles. The number of aromatic carboxylic acids is 1. The molecule has 32 heavy (non-hydrogen) atoms. The van der Waals surface area contributed by atoms with Crippen molar-refractivity contribution in [3.05, 3.63) is 40.4 Å². The molecule has 0 spiro atoms. The number of nitrogens with zero attached hydrogens (tertiary/aromatic N) is 3. The minimum absolute atomic E-state index is 0.000244. The van der Waals surface area contributed by atoms with E-state index in [0.29, 0.717) is 41.3 Å². The monoisotopic (exact) mass is 476 g/mol. The molecule has 1 aliphatic heterocycles. The number of carbonyl (C=O) groups excluding carboxylic acids is 1. The number of H-pyrrole nitrogens is 1. The standard InChI is InChI=1S/C21H25ClN6O3S/c1-3-12-17(22)27-18(24-12)19(29)25-13-8-9-28(10-15(13)23-4-2)21-26-14-7-5-6-11(20(30)31)16(14)32-21/h5-7,13,15,23H,3-4,8-10H2,1-2H3,(H,24,27)(H,25,29)(H,30,31)/t13-,15+/m0/s1. The van der Waals surface area contributed by atoms with Gasteiger partial charge >= 0.3 is 5.97 Å². The number of piperidine rings is 1. The fourth-order valence-electron chi connectivity index (χ4n) is 3.98. The Morgan fingerprint density at radius 2 is 2.12 bits per heavy atom. The van der Waals surface area contributed by atoms with Crippen molar-refractivity contribution >= 4 is 50.2 Å². The van der Waals surface area contributed by atoms with E-state index < -0.39 is 5.97 Å². The van der Waals surface area contributed by atoms with Crippen molar-refractivity contribution in [3.63, 3.8) is 0 Å². The van der Waals surface area contributed by atoms with Gasteiger partial charge in [-0.2, -0.15) is 0 Å². The molecule has 3 aromatic rings. The number of anilines is 1. The molecule has 4 N–H and O–H groups in total. The summed E-state index contributed by atoms with van der Waals surface area (Å²) in [5.74, 6) is -1.02. The van der Waals surface area contributed by atoms with Crippen LogP contribution in [0.1, 0.15) is 46.9 Å². The molecule has 170 valence electrons. The normalized spacial score (nSPS) is 18.8. The number of carboxylic acid groups (broad SMARTS) is 1. The molecule has 1 aliphatic rings. The smallest absolute Gasteiger partial charge is 0.337 e. The second kappa shape index (κ2) is 9.43. The average Bonchev–Trinajstić information content (AvgIpc) is 3.38. The number of carboxylic acids is 1. The number of benzene rings is 1. The van der Waals surface area contributed by atoms with Gasteiger partial charge < -0.3 is 25.6 Å². The number of hydrogen-bond acceptors (Lipinski definition) is 7. The zero-order valence-corrected chi connectivity index (χ0v) is 19.4. The van der Waals surface area contributed by atoms with Crippen molar-refractivity contribution in [2.45, 2.75) is 38.8 Å². The van der Waals surface area contributed by atoms with E-state index in [1.165, 1.54) is 11.3 Å². The van der Waals surface area contributed by atoms with Crippen LogP contribution in [0.5, 0.6) is 0 Å².